The van der Waals surface area contributed by atoms with Gasteiger partial charge in [-0.1, -0.05) is 12.2 Å². The Labute approximate surface area is 83.5 Å². The Morgan fingerprint density at radius 3 is 3.00 bits per heavy atom. The van der Waals surface area contributed by atoms with Crippen LogP contribution in [0.3, 0.4) is 0 Å². The second kappa shape index (κ2) is 5.15. The average molecular weight is 207 g/mol. The number of alkyl halides is 1. The van der Waals surface area contributed by atoms with Gasteiger partial charge in [0, 0.05) is 23.5 Å². The summed E-state index contributed by atoms with van der Waals surface area (Å²) in [7, 11) is 0. The number of rotatable bonds is 4. The number of hydrogen-bond acceptors (Lipinski definition) is 2. The molecule has 1 fully saturated rings. The smallest absolute Gasteiger partial charge is 0.0666 e. The van der Waals surface area contributed by atoms with Gasteiger partial charge in [0.05, 0.1) is 6.10 Å². The van der Waals surface area contributed by atoms with Crippen LogP contribution in [0.15, 0.2) is 12.2 Å². The van der Waals surface area contributed by atoms with E-state index in [0.29, 0.717) is 17.2 Å². The van der Waals surface area contributed by atoms with Crippen LogP contribution < -0.4 is 0 Å². The highest BCUT2D eigenvalue weighted by Gasteiger charge is 2.24. The minimum absolute atomic E-state index is 0.401. The van der Waals surface area contributed by atoms with Crippen LogP contribution in [-0.4, -0.2) is 29.6 Å². The van der Waals surface area contributed by atoms with Gasteiger partial charge in [-0.3, -0.25) is 0 Å². The quantitative estimate of drug-likeness (QED) is 0.517. The lowest BCUT2D eigenvalue weighted by atomic mass is 10.3. The molecule has 3 heteroatoms. The molecule has 0 aromatic heterocycles. The molecule has 0 radical (unpaired) electrons. The van der Waals surface area contributed by atoms with Crippen LogP contribution in [0.25, 0.3) is 0 Å². The first-order valence-electron chi connectivity index (χ1n) is 4.20. The molecule has 1 heterocycles. The maximum atomic E-state index is 5.63. The van der Waals surface area contributed by atoms with Crippen molar-refractivity contribution in [1.82, 2.24) is 0 Å². The molecule has 1 rings (SSSR count). The molecular formula is C9H15ClOS. The lowest BCUT2D eigenvalue weighted by molar-refractivity contribution is 0.127. The Morgan fingerprint density at radius 1 is 1.75 bits per heavy atom. The summed E-state index contributed by atoms with van der Waals surface area (Å²) in [6.45, 7) is 6.91. The topological polar surface area (TPSA) is 9.23 Å². The highest BCUT2D eigenvalue weighted by molar-refractivity contribution is 8.00. The maximum absolute atomic E-state index is 5.63. The zero-order valence-corrected chi connectivity index (χ0v) is 8.96. The zero-order valence-electron chi connectivity index (χ0n) is 7.38. The minimum Gasteiger partial charge on any atom is -0.377 e. The van der Waals surface area contributed by atoms with Crippen molar-refractivity contribution in [1.29, 1.82) is 0 Å². The molecule has 0 aliphatic carbocycles. The first kappa shape index (κ1) is 10.4. The van der Waals surface area contributed by atoms with Crippen molar-refractivity contribution in [3.8, 4) is 0 Å². The van der Waals surface area contributed by atoms with Crippen LogP contribution >= 0.6 is 23.4 Å². The van der Waals surface area contributed by atoms with E-state index >= 15 is 0 Å². The third kappa shape index (κ3) is 3.00. The number of halogens is 1. The SMILES string of the molecule is C=C(CCl)CSC1CCOC1C. The lowest BCUT2D eigenvalue weighted by Gasteiger charge is -2.13. The summed E-state index contributed by atoms with van der Waals surface area (Å²) in [4.78, 5) is 0. The van der Waals surface area contributed by atoms with Crippen LogP contribution in [0, 0.1) is 0 Å². The van der Waals surface area contributed by atoms with Gasteiger partial charge in [-0.05, 0) is 13.3 Å². The van der Waals surface area contributed by atoms with E-state index in [1.54, 1.807) is 0 Å². The summed E-state index contributed by atoms with van der Waals surface area (Å²) in [6, 6.07) is 0. The summed E-state index contributed by atoms with van der Waals surface area (Å²) < 4.78 is 5.45. The highest BCUT2D eigenvalue weighted by Crippen LogP contribution is 2.27. The standard InChI is InChI=1S/C9H15ClOS/c1-7(5-10)6-12-9-3-4-11-8(9)2/h8-9H,1,3-6H2,2H3. The molecule has 1 nitrogen and oxygen atoms in total. The molecule has 2 unspecified atom stereocenters. The average Bonchev–Trinajstić information content (AvgIpc) is 2.47. The van der Waals surface area contributed by atoms with Crippen LogP contribution in [0.1, 0.15) is 13.3 Å². The third-order valence-corrected chi connectivity index (χ3v) is 4.00. The van der Waals surface area contributed by atoms with Crippen LogP contribution in [-0.2, 0) is 4.74 Å². The van der Waals surface area contributed by atoms with Crippen molar-refractivity contribution >= 4 is 23.4 Å². The molecular weight excluding hydrogens is 192 g/mol. The van der Waals surface area contributed by atoms with E-state index in [4.69, 9.17) is 16.3 Å². The van der Waals surface area contributed by atoms with Crippen molar-refractivity contribution in [2.24, 2.45) is 0 Å². The molecule has 0 aromatic rings. The van der Waals surface area contributed by atoms with E-state index in [9.17, 15) is 0 Å². The van der Waals surface area contributed by atoms with Gasteiger partial charge >= 0.3 is 0 Å². The second-order valence-electron chi connectivity index (χ2n) is 3.10. The van der Waals surface area contributed by atoms with E-state index in [-0.39, 0.29) is 0 Å². The first-order valence-corrected chi connectivity index (χ1v) is 5.78. The van der Waals surface area contributed by atoms with E-state index in [2.05, 4.69) is 13.5 Å². The van der Waals surface area contributed by atoms with Gasteiger partial charge in [0.25, 0.3) is 0 Å². The van der Waals surface area contributed by atoms with Crippen molar-refractivity contribution in [2.75, 3.05) is 18.2 Å². The number of hydrogen-bond donors (Lipinski definition) is 0. The lowest BCUT2D eigenvalue weighted by Crippen LogP contribution is -2.14. The first-order chi connectivity index (χ1) is 5.74. The predicted molar refractivity (Wildman–Crippen MR) is 56.1 cm³/mol. The zero-order chi connectivity index (χ0) is 8.97. The molecule has 70 valence electrons. The van der Waals surface area contributed by atoms with Crippen LogP contribution in [0.4, 0.5) is 0 Å². The fourth-order valence-electron chi connectivity index (χ4n) is 1.19. The van der Waals surface area contributed by atoms with Crippen molar-refractivity contribution < 1.29 is 4.74 Å². The molecule has 0 N–H and O–H groups in total. The van der Waals surface area contributed by atoms with Gasteiger partial charge in [0.1, 0.15) is 0 Å². The van der Waals surface area contributed by atoms with Crippen molar-refractivity contribution in [2.45, 2.75) is 24.7 Å². The largest absolute Gasteiger partial charge is 0.377 e. The summed E-state index contributed by atoms with van der Waals surface area (Å²) in [5.74, 6) is 1.55. The highest BCUT2D eigenvalue weighted by atomic mass is 35.5. The maximum Gasteiger partial charge on any atom is 0.0666 e. The van der Waals surface area contributed by atoms with Gasteiger partial charge in [-0.2, -0.15) is 11.8 Å². The van der Waals surface area contributed by atoms with E-state index in [1.807, 2.05) is 11.8 Å². The van der Waals surface area contributed by atoms with Crippen molar-refractivity contribution in [3.63, 3.8) is 0 Å². The Morgan fingerprint density at radius 2 is 2.50 bits per heavy atom. The van der Waals surface area contributed by atoms with E-state index in [1.165, 1.54) is 6.42 Å². The predicted octanol–water partition coefficient (Wildman–Crippen LogP) is 2.69. The Kier molecular flexibility index (Phi) is 4.47. The number of ether oxygens (including phenoxy) is 1. The van der Waals surface area contributed by atoms with E-state index < -0.39 is 0 Å². The summed E-state index contributed by atoms with van der Waals surface area (Å²) >= 11 is 7.55. The summed E-state index contributed by atoms with van der Waals surface area (Å²) in [5, 5.41) is 0.643. The molecule has 1 saturated heterocycles. The molecule has 0 saturated carbocycles. The monoisotopic (exact) mass is 206 g/mol. The van der Waals surface area contributed by atoms with Gasteiger partial charge in [-0.15, -0.1) is 11.6 Å². The minimum atomic E-state index is 0.401. The fourth-order valence-corrected chi connectivity index (χ4v) is 2.57. The molecule has 2 atom stereocenters. The van der Waals surface area contributed by atoms with Gasteiger partial charge in [0.15, 0.2) is 0 Å². The molecule has 0 spiro atoms. The molecule has 1 aliphatic heterocycles. The normalized spacial score (nSPS) is 29.2. The Balaban J connectivity index is 2.18. The Hall–Kier alpha value is 0.340. The van der Waals surface area contributed by atoms with Gasteiger partial charge in [-0.25, -0.2) is 0 Å². The molecule has 0 amide bonds. The molecule has 0 aromatic carbocycles. The van der Waals surface area contributed by atoms with Gasteiger partial charge < -0.3 is 4.74 Å². The van der Waals surface area contributed by atoms with E-state index in [0.717, 1.165) is 17.9 Å². The van der Waals surface area contributed by atoms with Crippen LogP contribution in [0.5, 0.6) is 0 Å². The second-order valence-corrected chi connectivity index (χ2v) is 4.59. The van der Waals surface area contributed by atoms with Gasteiger partial charge in [0.2, 0.25) is 0 Å². The van der Waals surface area contributed by atoms with Crippen LogP contribution in [0.2, 0.25) is 0 Å². The third-order valence-electron chi connectivity index (χ3n) is 2.00. The Bertz CT molecular complexity index is 161. The number of thioether (sulfide) groups is 1. The molecule has 12 heavy (non-hydrogen) atoms. The molecule has 1 aliphatic rings. The van der Waals surface area contributed by atoms with Crippen molar-refractivity contribution in [3.05, 3.63) is 12.2 Å². The summed E-state index contributed by atoms with van der Waals surface area (Å²) in [6.07, 6.45) is 1.57. The fraction of sp³-hybridized carbons (Fsp3) is 0.778. The summed E-state index contributed by atoms with van der Waals surface area (Å²) in [5.41, 5.74) is 1.11. The molecule has 0 bridgehead atoms.